The Bertz CT molecular complexity index is 1140. The Morgan fingerprint density at radius 2 is 2.03 bits per heavy atom. The highest BCUT2D eigenvalue weighted by molar-refractivity contribution is 7.99. The first-order valence-electron chi connectivity index (χ1n) is 11.5. The van der Waals surface area contributed by atoms with Crippen LogP contribution in [0, 0.1) is 5.82 Å². The summed E-state index contributed by atoms with van der Waals surface area (Å²) in [6.07, 6.45) is 6.86. The van der Waals surface area contributed by atoms with E-state index in [9.17, 15) is 18.8 Å². The van der Waals surface area contributed by atoms with Crippen LogP contribution in [0.15, 0.2) is 36.7 Å². The van der Waals surface area contributed by atoms with E-state index in [1.165, 1.54) is 35.3 Å². The van der Waals surface area contributed by atoms with Crippen molar-refractivity contribution >= 4 is 47.2 Å². The van der Waals surface area contributed by atoms with Crippen LogP contribution in [-0.2, 0) is 14.4 Å². The van der Waals surface area contributed by atoms with Crippen molar-refractivity contribution in [3.63, 3.8) is 0 Å². The molecule has 11 nitrogen and oxygen atoms in total. The standard InChI is InChI=1S/C23H27ClFN7O4S/c24-18-5-6-19(32-15-27-29-30-32)17(23(18)25)4-7-20(33)28-16(14-26-8-2-1-3-22(35)36)13-21(34)31-9-11-37-12-10-31/h1,3-7,15-16,26H,2,8-14H2,(H,28,33)(H,35,36)/b3-1+,7-4+/t16-/m0/s1. The quantitative estimate of drug-likeness (QED) is 0.264. The van der Waals surface area contributed by atoms with Gasteiger partial charge in [0.2, 0.25) is 11.8 Å². The molecule has 1 aliphatic rings. The summed E-state index contributed by atoms with van der Waals surface area (Å²) in [6.45, 7) is 2.07. The lowest BCUT2D eigenvalue weighted by atomic mass is 10.1. The van der Waals surface area contributed by atoms with Crippen molar-refractivity contribution < 1.29 is 23.9 Å². The molecule has 37 heavy (non-hydrogen) atoms. The molecule has 3 rings (SSSR count). The van der Waals surface area contributed by atoms with Gasteiger partial charge in [-0.15, -0.1) is 5.10 Å². The van der Waals surface area contributed by atoms with E-state index in [0.717, 1.165) is 23.7 Å². The molecule has 0 unspecified atom stereocenters. The zero-order valence-electron chi connectivity index (χ0n) is 19.8. The molecule has 198 valence electrons. The molecule has 2 aromatic rings. The minimum Gasteiger partial charge on any atom is -0.478 e. The van der Waals surface area contributed by atoms with E-state index in [1.807, 2.05) is 0 Å². The second-order valence-electron chi connectivity index (χ2n) is 8.02. The molecule has 0 aliphatic carbocycles. The molecular formula is C23H27ClFN7O4S. The number of carboxylic acids is 1. The molecule has 1 atom stereocenters. The molecule has 1 aliphatic heterocycles. The van der Waals surface area contributed by atoms with Crippen LogP contribution < -0.4 is 10.6 Å². The summed E-state index contributed by atoms with van der Waals surface area (Å²) in [5, 5.41) is 25.3. The topological polar surface area (TPSA) is 142 Å². The zero-order valence-corrected chi connectivity index (χ0v) is 21.4. The molecule has 14 heteroatoms. The Kier molecular flexibility index (Phi) is 11.0. The monoisotopic (exact) mass is 551 g/mol. The first kappa shape index (κ1) is 28.3. The molecule has 0 bridgehead atoms. The van der Waals surface area contributed by atoms with Gasteiger partial charge >= 0.3 is 5.97 Å². The smallest absolute Gasteiger partial charge is 0.327 e. The molecular weight excluding hydrogens is 525 g/mol. The molecule has 1 saturated heterocycles. The van der Waals surface area contributed by atoms with Gasteiger partial charge in [0.1, 0.15) is 6.33 Å². The van der Waals surface area contributed by atoms with Crippen molar-refractivity contribution in [1.82, 2.24) is 35.7 Å². The van der Waals surface area contributed by atoms with Crippen molar-refractivity contribution in [3.8, 4) is 5.69 Å². The predicted molar refractivity (Wildman–Crippen MR) is 138 cm³/mol. The molecule has 0 saturated carbocycles. The van der Waals surface area contributed by atoms with Crippen LogP contribution in [0.2, 0.25) is 5.02 Å². The average Bonchev–Trinajstić information content (AvgIpc) is 3.42. The van der Waals surface area contributed by atoms with Gasteiger partial charge in [-0.3, -0.25) is 9.59 Å². The van der Waals surface area contributed by atoms with Crippen LogP contribution in [0.1, 0.15) is 18.4 Å². The van der Waals surface area contributed by atoms with Gasteiger partial charge in [-0.1, -0.05) is 17.7 Å². The Morgan fingerprint density at radius 3 is 2.73 bits per heavy atom. The second-order valence-corrected chi connectivity index (χ2v) is 9.65. The van der Waals surface area contributed by atoms with Crippen LogP contribution in [0.4, 0.5) is 4.39 Å². The minimum atomic E-state index is -1.03. The maximum atomic E-state index is 14.8. The average molecular weight is 552 g/mol. The van der Waals surface area contributed by atoms with Crippen molar-refractivity contribution in [2.24, 2.45) is 0 Å². The number of aromatic nitrogens is 4. The van der Waals surface area contributed by atoms with Gasteiger partial charge in [0.05, 0.1) is 16.8 Å². The van der Waals surface area contributed by atoms with Gasteiger partial charge < -0.3 is 20.6 Å². The van der Waals surface area contributed by atoms with Crippen molar-refractivity contribution in [3.05, 3.63) is 53.1 Å². The van der Waals surface area contributed by atoms with Gasteiger partial charge in [-0.2, -0.15) is 16.4 Å². The summed E-state index contributed by atoms with van der Waals surface area (Å²) in [6, 6.07) is 2.36. The van der Waals surface area contributed by atoms with Crippen molar-refractivity contribution in [2.75, 3.05) is 37.7 Å². The summed E-state index contributed by atoms with van der Waals surface area (Å²) in [7, 11) is 0. The summed E-state index contributed by atoms with van der Waals surface area (Å²) in [5.74, 6) is -0.611. The third-order valence-electron chi connectivity index (χ3n) is 5.38. The number of nitrogens with zero attached hydrogens (tertiary/aromatic N) is 5. The zero-order chi connectivity index (χ0) is 26.6. The van der Waals surface area contributed by atoms with E-state index < -0.39 is 23.7 Å². The lowest BCUT2D eigenvalue weighted by Crippen LogP contribution is -2.47. The number of nitrogens with one attached hydrogen (secondary N) is 2. The Morgan fingerprint density at radius 1 is 1.24 bits per heavy atom. The molecule has 2 heterocycles. The van der Waals surface area contributed by atoms with E-state index in [-0.39, 0.29) is 29.5 Å². The van der Waals surface area contributed by atoms with Gasteiger partial charge in [0.15, 0.2) is 5.82 Å². The van der Waals surface area contributed by atoms with Gasteiger partial charge in [-0.25, -0.2) is 9.18 Å². The molecule has 1 fully saturated rings. The van der Waals surface area contributed by atoms with Crippen LogP contribution in [-0.4, -0.2) is 91.7 Å². The third kappa shape index (κ3) is 8.95. The van der Waals surface area contributed by atoms with Crippen LogP contribution in [0.5, 0.6) is 0 Å². The summed E-state index contributed by atoms with van der Waals surface area (Å²) in [4.78, 5) is 37.9. The lowest BCUT2D eigenvalue weighted by Gasteiger charge is -2.28. The second kappa shape index (κ2) is 14.4. The fourth-order valence-electron chi connectivity index (χ4n) is 3.57. The SMILES string of the molecule is O=C(O)/C=C/CCNC[C@H](CC(=O)N1CCSCC1)NC(=O)/C=C/c1c(-n2cnnn2)ccc(Cl)c1F. The molecule has 1 aromatic carbocycles. The van der Waals surface area contributed by atoms with E-state index in [1.54, 1.807) is 16.7 Å². The van der Waals surface area contributed by atoms with Crippen molar-refractivity contribution in [1.29, 1.82) is 0 Å². The van der Waals surface area contributed by atoms with E-state index in [0.29, 0.717) is 31.7 Å². The molecule has 0 spiro atoms. The number of amides is 2. The number of aliphatic carboxylic acids is 1. The Labute approximate surface area is 222 Å². The maximum absolute atomic E-state index is 14.8. The van der Waals surface area contributed by atoms with Crippen LogP contribution in [0.3, 0.4) is 0 Å². The number of carbonyl (C=O) groups is 3. The number of hydrogen-bond donors (Lipinski definition) is 3. The van der Waals surface area contributed by atoms with Gasteiger partial charge in [0.25, 0.3) is 0 Å². The first-order chi connectivity index (χ1) is 17.8. The summed E-state index contributed by atoms with van der Waals surface area (Å²) in [5.41, 5.74) is 0.318. The predicted octanol–water partition coefficient (Wildman–Crippen LogP) is 1.54. The van der Waals surface area contributed by atoms with Gasteiger partial charge in [0, 0.05) is 55.3 Å². The minimum absolute atomic E-state index is 0.0248. The Balaban J connectivity index is 1.67. The number of rotatable bonds is 12. The van der Waals surface area contributed by atoms with Crippen LogP contribution in [0.25, 0.3) is 11.8 Å². The maximum Gasteiger partial charge on any atom is 0.327 e. The van der Waals surface area contributed by atoms with Crippen LogP contribution >= 0.6 is 23.4 Å². The number of carboxylic acid groups (broad SMARTS) is 1. The molecule has 2 amide bonds. The van der Waals surface area contributed by atoms with Crippen molar-refractivity contribution in [2.45, 2.75) is 18.9 Å². The fourth-order valence-corrected chi connectivity index (χ4v) is 4.64. The number of thioether (sulfide) groups is 1. The largest absolute Gasteiger partial charge is 0.478 e. The third-order valence-corrected chi connectivity index (χ3v) is 6.61. The molecule has 3 N–H and O–H groups in total. The highest BCUT2D eigenvalue weighted by Gasteiger charge is 2.22. The number of halogens is 2. The molecule has 1 aromatic heterocycles. The first-order valence-corrected chi connectivity index (χ1v) is 13.0. The summed E-state index contributed by atoms with van der Waals surface area (Å²) < 4.78 is 16.0. The normalized spacial score (nSPS) is 14.8. The highest BCUT2D eigenvalue weighted by atomic mass is 35.5. The number of benzene rings is 1. The highest BCUT2D eigenvalue weighted by Crippen LogP contribution is 2.25. The number of tetrazole rings is 1. The fraction of sp³-hybridized carbons (Fsp3) is 0.391. The number of hydrogen-bond acceptors (Lipinski definition) is 8. The lowest BCUT2D eigenvalue weighted by molar-refractivity contribution is -0.132. The Hall–Kier alpha value is -3.29. The van der Waals surface area contributed by atoms with E-state index in [2.05, 4.69) is 26.2 Å². The molecule has 0 radical (unpaired) electrons. The van der Waals surface area contributed by atoms with E-state index in [4.69, 9.17) is 16.7 Å². The van der Waals surface area contributed by atoms with Gasteiger partial charge in [-0.05, 0) is 41.6 Å². The summed E-state index contributed by atoms with van der Waals surface area (Å²) >= 11 is 7.72. The van der Waals surface area contributed by atoms with E-state index >= 15 is 0 Å². The number of carbonyl (C=O) groups excluding carboxylic acids is 2.